The monoisotopic (exact) mass is 808 g/mol. The van der Waals surface area contributed by atoms with E-state index >= 15 is 0 Å². The van der Waals surface area contributed by atoms with Gasteiger partial charge < -0.3 is 15.5 Å². The molecule has 0 aliphatic heterocycles. The van der Waals surface area contributed by atoms with Crippen molar-refractivity contribution in [1.82, 2.24) is 5.32 Å². The number of allylic oxidation sites excluding steroid dienone is 11. The predicted molar refractivity (Wildman–Crippen MR) is 257 cm³/mol. The van der Waals surface area contributed by atoms with Crippen molar-refractivity contribution in [3.8, 4) is 0 Å². The van der Waals surface area contributed by atoms with Crippen LogP contribution in [0.4, 0.5) is 0 Å². The van der Waals surface area contributed by atoms with E-state index in [4.69, 9.17) is 0 Å². The quantitative estimate of drug-likeness (QED) is 0.0424. The SMILES string of the molecule is CC/C=C\C/C=C\C/C=C\C/C=C\C/C=C\CCCCCCCCCCCCCCCCCCCCCC(=O)NC(CO)C(O)/C=C/CCCCCCCCCCC. The van der Waals surface area contributed by atoms with E-state index in [1.807, 2.05) is 6.08 Å². The molecular weight excluding hydrogens is 711 g/mol. The molecule has 2 unspecified atom stereocenters. The highest BCUT2D eigenvalue weighted by atomic mass is 16.3. The van der Waals surface area contributed by atoms with Gasteiger partial charge in [0.05, 0.1) is 18.8 Å². The maximum Gasteiger partial charge on any atom is 0.220 e. The van der Waals surface area contributed by atoms with Gasteiger partial charge in [0.15, 0.2) is 0 Å². The number of carbonyl (C=O) groups is 1. The van der Waals surface area contributed by atoms with Crippen LogP contribution in [0.5, 0.6) is 0 Å². The summed E-state index contributed by atoms with van der Waals surface area (Å²) in [6.07, 6.45) is 70.5. The highest BCUT2D eigenvalue weighted by molar-refractivity contribution is 5.76. The van der Waals surface area contributed by atoms with Crippen molar-refractivity contribution in [2.75, 3.05) is 6.61 Å². The van der Waals surface area contributed by atoms with Gasteiger partial charge in [0.1, 0.15) is 0 Å². The van der Waals surface area contributed by atoms with E-state index in [1.165, 1.54) is 167 Å². The Labute approximate surface area is 361 Å². The molecule has 1 amide bonds. The molecule has 3 N–H and O–H groups in total. The van der Waals surface area contributed by atoms with Crippen molar-refractivity contribution in [2.45, 2.75) is 257 Å². The second-order valence-corrected chi connectivity index (χ2v) is 16.9. The first-order chi connectivity index (χ1) is 28.7. The van der Waals surface area contributed by atoms with Crippen molar-refractivity contribution in [2.24, 2.45) is 0 Å². The summed E-state index contributed by atoms with van der Waals surface area (Å²) in [6.45, 7) is 4.18. The third-order valence-electron chi connectivity index (χ3n) is 11.2. The zero-order valence-electron chi connectivity index (χ0n) is 38.5. The molecule has 4 nitrogen and oxygen atoms in total. The summed E-state index contributed by atoms with van der Waals surface area (Å²) < 4.78 is 0. The molecule has 0 saturated heterocycles. The molecule has 0 aromatic carbocycles. The summed E-state index contributed by atoms with van der Waals surface area (Å²) in [5.41, 5.74) is 0. The molecule has 2 atom stereocenters. The maximum absolute atomic E-state index is 12.4. The molecule has 58 heavy (non-hydrogen) atoms. The number of aliphatic hydroxyl groups is 2. The summed E-state index contributed by atoms with van der Waals surface area (Å²) >= 11 is 0. The Hall–Kier alpha value is -2.17. The molecule has 0 rings (SSSR count). The van der Waals surface area contributed by atoms with E-state index in [9.17, 15) is 15.0 Å². The zero-order chi connectivity index (χ0) is 42.1. The van der Waals surface area contributed by atoms with Gasteiger partial charge in [0.25, 0.3) is 0 Å². The average molecular weight is 808 g/mol. The van der Waals surface area contributed by atoms with Gasteiger partial charge >= 0.3 is 0 Å². The first-order valence-electron chi connectivity index (χ1n) is 25.2. The lowest BCUT2D eigenvalue weighted by molar-refractivity contribution is -0.123. The van der Waals surface area contributed by atoms with E-state index in [0.29, 0.717) is 6.42 Å². The van der Waals surface area contributed by atoms with Gasteiger partial charge in [-0.05, 0) is 64.2 Å². The highest BCUT2D eigenvalue weighted by Gasteiger charge is 2.18. The van der Waals surface area contributed by atoms with Crippen LogP contribution in [0, 0.1) is 0 Å². The highest BCUT2D eigenvalue weighted by Crippen LogP contribution is 2.16. The number of amides is 1. The first-order valence-corrected chi connectivity index (χ1v) is 25.2. The Morgan fingerprint density at radius 3 is 1.14 bits per heavy atom. The number of aliphatic hydroxyl groups excluding tert-OH is 2. The summed E-state index contributed by atoms with van der Waals surface area (Å²) in [7, 11) is 0. The van der Waals surface area contributed by atoms with Gasteiger partial charge in [-0.3, -0.25) is 4.79 Å². The Morgan fingerprint density at radius 2 is 0.759 bits per heavy atom. The summed E-state index contributed by atoms with van der Waals surface area (Å²) in [6, 6.07) is -0.621. The number of nitrogens with one attached hydrogen (secondary N) is 1. The Kier molecular flexibility index (Phi) is 47.4. The lowest BCUT2D eigenvalue weighted by Gasteiger charge is -2.20. The van der Waals surface area contributed by atoms with Gasteiger partial charge in [0.2, 0.25) is 5.91 Å². The third kappa shape index (κ3) is 44.9. The molecule has 0 aliphatic carbocycles. The number of unbranched alkanes of at least 4 members (excludes halogenated alkanes) is 28. The van der Waals surface area contributed by atoms with E-state index in [-0.39, 0.29) is 12.5 Å². The molecule has 0 radical (unpaired) electrons. The molecular formula is C54H97NO3. The molecule has 336 valence electrons. The minimum absolute atomic E-state index is 0.0649. The second-order valence-electron chi connectivity index (χ2n) is 16.9. The van der Waals surface area contributed by atoms with Crippen LogP contribution in [0.1, 0.15) is 245 Å². The van der Waals surface area contributed by atoms with Gasteiger partial charge in [-0.1, -0.05) is 247 Å². The minimum atomic E-state index is -0.838. The Bertz CT molecular complexity index is 1010. The fourth-order valence-electron chi connectivity index (χ4n) is 7.38. The van der Waals surface area contributed by atoms with Crippen LogP contribution in [-0.2, 0) is 4.79 Å². The molecule has 0 aromatic heterocycles. The minimum Gasteiger partial charge on any atom is -0.394 e. The largest absolute Gasteiger partial charge is 0.394 e. The molecule has 0 fully saturated rings. The van der Waals surface area contributed by atoms with Crippen LogP contribution in [0.2, 0.25) is 0 Å². The molecule has 0 bridgehead atoms. The number of carbonyl (C=O) groups excluding carboxylic acids is 1. The van der Waals surface area contributed by atoms with Crippen LogP contribution >= 0.6 is 0 Å². The third-order valence-corrected chi connectivity index (χ3v) is 11.2. The summed E-state index contributed by atoms with van der Waals surface area (Å²) in [5, 5.41) is 23.0. The average Bonchev–Trinajstić information content (AvgIpc) is 3.23. The lowest BCUT2D eigenvalue weighted by atomic mass is 10.0. The molecule has 0 aliphatic rings. The van der Waals surface area contributed by atoms with Gasteiger partial charge in [-0.2, -0.15) is 0 Å². The Morgan fingerprint density at radius 1 is 0.431 bits per heavy atom. The standard InChI is InChI=1S/C54H97NO3/c1-3-5-7-9-11-13-15-16-17-18-19-20-21-22-23-24-25-26-27-28-29-30-31-32-33-34-35-36-37-38-40-42-44-46-48-50-54(58)55-52(51-56)53(57)49-47-45-43-41-39-14-12-10-8-6-4-2/h5,7,11,13,16-17,19-20,22-23,47,49,52-53,56-57H,3-4,6,8-10,12,14-15,18,21,24-46,48,50-51H2,1-2H3,(H,55,58)/b7-5-,13-11-,17-16-,20-19-,23-22-,49-47+. The van der Waals surface area contributed by atoms with E-state index in [1.54, 1.807) is 6.08 Å². The normalized spacial score (nSPS) is 13.5. The molecule has 0 saturated carbocycles. The fraction of sp³-hybridized carbons (Fsp3) is 0.759. The van der Waals surface area contributed by atoms with Crippen LogP contribution in [-0.4, -0.2) is 34.9 Å². The molecule has 4 heteroatoms. The van der Waals surface area contributed by atoms with Crippen molar-refractivity contribution >= 4 is 5.91 Å². The van der Waals surface area contributed by atoms with Crippen LogP contribution in [0.15, 0.2) is 72.9 Å². The smallest absolute Gasteiger partial charge is 0.220 e. The maximum atomic E-state index is 12.4. The number of hydrogen-bond donors (Lipinski definition) is 3. The summed E-state index contributed by atoms with van der Waals surface area (Å²) in [4.78, 5) is 12.4. The zero-order valence-corrected chi connectivity index (χ0v) is 38.5. The van der Waals surface area contributed by atoms with Crippen molar-refractivity contribution in [1.29, 1.82) is 0 Å². The molecule has 0 spiro atoms. The van der Waals surface area contributed by atoms with Crippen molar-refractivity contribution in [3.63, 3.8) is 0 Å². The van der Waals surface area contributed by atoms with Crippen LogP contribution in [0.25, 0.3) is 0 Å². The van der Waals surface area contributed by atoms with Gasteiger partial charge in [0, 0.05) is 6.42 Å². The van der Waals surface area contributed by atoms with Crippen LogP contribution in [0.3, 0.4) is 0 Å². The van der Waals surface area contributed by atoms with Gasteiger partial charge in [-0.15, -0.1) is 0 Å². The topological polar surface area (TPSA) is 69.6 Å². The number of hydrogen-bond acceptors (Lipinski definition) is 3. The second kappa shape index (κ2) is 49.2. The van der Waals surface area contributed by atoms with Gasteiger partial charge in [-0.25, -0.2) is 0 Å². The lowest BCUT2D eigenvalue weighted by Crippen LogP contribution is -2.45. The molecule has 0 heterocycles. The predicted octanol–water partition coefficient (Wildman–Crippen LogP) is 16.2. The van der Waals surface area contributed by atoms with Crippen LogP contribution < -0.4 is 5.32 Å². The van der Waals surface area contributed by atoms with Crippen molar-refractivity contribution in [3.05, 3.63) is 72.9 Å². The molecule has 0 aromatic rings. The fourth-order valence-corrected chi connectivity index (χ4v) is 7.38. The van der Waals surface area contributed by atoms with E-state index in [2.05, 4.69) is 79.9 Å². The first kappa shape index (κ1) is 55.8. The van der Waals surface area contributed by atoms with E-state index < -0.39 is 12.1 Å². The van der Waals surface area contributed by atoms with E-state index in [0.717, 1.165) is 57.8 Å². The van der Waals surface area contributed by atoms with Crippen molar-refractivity contribution < 1.29 is 15.0 Å². The summed E-state index contributed by atoms with van der Waals surface area (Å²) in [5.74, 6) is -0.0649. The number of rotatable bonds is 45. The Balaban J connectivity index is 3.45.